The summed E-state index contributed by atoms with van der Waals surface area (Å²) in [6, 6.07) is 12.3. The Balaban J connectivity index is 1.31. The molecule has 0 aliphatic carbocycles. The van der Waals surface area contributed by atoms with Crippen LogP contribution in [0.25, 0.3) is 0 Å². The standard InChI is InChI=1S/C23H24ClNO5/c1-28-18-6-7-19-20(26)15-23(30-21(19)14-18)9-11-25(12-10-23)22(27)8-13-29-17-4-2-16(24)3-5-17/h2-7,14H,8-13,15H2,1H3. The molecule has 2 aromatic rings. The third kappa shape index (κ3) is 4.38. The van der Waals surface area contributed by atoms with Crippen LogP contribution in [0.1, 0.15) is 36.0 Å². The van der Waals surface area contributed by atoms with E-state index in [2.05, 4.69) is 0 Å². The molecule has 0 N–H and O–H groups in total. The lowest BCUT2D eigenvalue weighted by Gasteiger charge is -2.44. The second-order valence-corrected chi connectivity index (χ2v) is 8.12. The molecule has 0 bridgehead atoms. The van der Waals surface area contributed by atoms with E-state index in [4.69, 9.17) is 25.8 Å². The molecule has 0 atom stereocenters. The normalized spacial score (nSPS) is 17.3. The third-order valence-electron chi connectivity index (χ3n) is 5.72. The minimum Gasteiger partial charge on any atom is -0.497 e. The molecule has 6 nitrogen and oxygen atoms in total. The zero-order chi connectivity index (χ0) is 21.1. The Hall–Kier alpha value is -2.73. The maximum Gasteiger partial charge on any atom is 0.226 e. The third-order valence-corrected chi connectivity index (χ3v) is 5.98. The number of hydrogen-bond donors (Lipinski definition) is 0. The molecule has 30 heavy (non-hydrogen) atoms. The van der Waals surface area contributed by atoms with Gasteiger partial charge in [0.2, 0.25) is 5.91 Å². The number of benzene rings is 2. The molecule has 0 aromatic heterocycles. The zero-order valence-corrected chi connectivity index (χ0v) is 17.6. The minimum absolute atomic E-state index is 0.0445. The number of rotatable bonds is 5. The van der Waals surface area contributed by atoms with E-state index in [0.717, 1.165) is 0 Å². The molecule has 1 saturated heterocycles. The van der Waals surface area contributed by atoms with E-state index in [9.17, 15) is 9.59 Å². The first-order valence-corrected chi connectivity index (χ1v) is 10.4. The molecular formula is C23H24ClNO5. The number of methoxy groups -OCH3 is 1. The summed E-state index contributed by atoms with van der Waals surface area (Å²) in [5.74, 6) is 2.04. The van der Waals surface area contributed by atoms with Crippen LogP contribution in [0.4, 0.5) is 0 Å². The molecule has 7 heteroatoms. The predicted molar refractivity (Wildman–Crippen MR) is 113 cm³/mol. The van der Waals surface area contributed by atoms with Crippen molar-refractivity contribution in [1.29, 1.82) is 0 Å². The van der Waals surface area contributed by atoms with Gasteiger partial charge in [-0.05, 0) is 36.4 Å². The first-order valence-electron chi connectivity index (χ1n) is 10.0. The van der Waals surface area contributed by atoms with Crippen LogP contribution in [-0.4, -0.2) is 49.0 Å². The van der Waals surface area contributed by atoms with Gasteiger partial charge in [-0.25, -0.2) is 0 Å². The average molecular weight is 430 g/mol. The summed E-state index contributed by atoms with van der Waals surface area (Å²) in [5.41, 5.74) is 0.0480. The number of likely N-dealkylation sites (tertiary alicyclic amines) is 1. The van der Waals surface area contributed by atoms with Crippen LogP contribution < -0.4 is 14.2 Å². The Morgan fingerprint density at radius 2 is 1.83 bits per heavy atom. The molecule has 0 unspecified atom stereocenters. The van der Waals surface area contributed by atoms with Crippen LogP contribution in [0.2, 0.25) is 5.02 Å². The molecule has 158 valence electrons. The number of nitrogens with zero attached hydrogens (tertiary/aromatic N) is 1. The van der Waals surface area contributed by atoms with Gasteiger partial charge in [0.15, 0.2) is 5.78 Å². The maximum absolute atomic E-state index is 12.6. The molecule has 2 aliphatic heterocycles. The molecular weight excluding hydrogens is 406 g/mol. The van der Waals surface area contributed by atoms with Crippen LogP contribution in [-0.2, 0) is 4.79 Å². The Morgan fingerprint density at radius 1 is 1.13 bits per heavy atom. The minimum atomic E-state index is -0.549. The van der Waals surface area contributed by atoms with Crippen molar-refractivity contribution in [2.45, 2.75) is 31.3 Å². The zero-order valence-electron chi connectivity index (χ0n) is 16.9. The van der Waals surface area contributed by atoms with Crippen molar-refractivity contribution in [1.82, 2.24) is 4.90 Å². The molecule has 2 heterocycles. The Morgan fingerprint density at radius 3 is 2.53 bits per heavy atom. The monoisotopic (exact) mass is 429 g/mol. The SMILES string of the molecule is COc1ccc2c(c1)OC1(CCN(C(=O)CCOc3ccc(Cl)cc3)CC1)CC2=O. The van der Waals surface area contributed by atoms with E-state index in [1.807, 2.05) is 4.90 Å². The number of carbonyl (C=O) groups excluding carboxylic acids is 2. The summed E-state index contributed by atoms with van der Waals surface area (Å²) in [6.07, 6.45) is 1.89. The van der Waals surface area contributed by atoms with Gasteiger partial charge >= 0.3 is 0 Å². The smallest absolute Gasteiger partial charge is 0.226 e. The van der Waals surface area contributed by atoms with Gasteiger partial charge in [0, 0.05) is 37.0 Å². The van der Waals surface area contributed by atoms with Gasteiger partial charge in [0.05, 0.1) is 32.1 Å². The highest BCUT2D eigenvalue weighted by Crippen LogP contribution is 2.40. The lowest BCUT2D eigenvalue weighted by Crippen LogP contribution is -2.52. The van der Waals surface area contributed by atoms with E-state index in [0.29, 0.717) is 73.2 Å². The molecule has 2 aliphatic rings. The van der Waals surface area contributed by atoms with Crippen molar-refractivity contribution >= 4 is 23.3 Å². The molecule has 0 radical (unpaired) electrons. The van der Waals surface area contributed by atoms with E-state index < -0.39 is 5.60 Å². The first-order chi connectivity index (χ1) is 14.5. The lowest BCUT2D eigenvalue weighted by atomic mass is 9.82. The van der Waals surface area contributed by atoms with E-state index in [1.54, 1.807) is 49.6 Å². The van der Waals surface area contributed by atoms with E-state index in [1.165, 1.54) is 0 Å². The van der Waals surface area contributed by atoms with Gasteiger partial charge < -0.3 is 19.1 Å². The number of fused-ring (bicyclic) bond motifs is 1. The second kappa shape index (κ2) is 8.56. The Labute approximate surface area is 180 Å². The van der Waals surface area contributed by atoms with Crippen LogP contribution in [0.5, 0.6) is 17.2 Å². The number of carbonyl (C=O) groups is 2. The molecule has 1 spiro atoms. The highest BCUT2D eigenvalue weighted by atomic mass is 35.5. The van der Waals surface area contributed by atoms with Gasteiger partial charge in [0.25, 0.3) is 0 Å². The lowest BCUT2D eigenvalue weighted by molar-refractivity contribution is -0.135. The second-order valence-electron chi connectivity index (χ2n) is 7.68. The van der Waals surface area contributed by atoms with Crippen LogP contribution in [0.3, 0.4) is 0 Å². The van der Waals surface area contributed by atoms with Crippen molar-refractivity contribution < 1.29 is 23.8 Å². The summed E-state index contributed by atoms with van der Waals surface area (Å²) in [7, 11) is 1.59. The van der Waals surface area contributed by atoms with Gasteiger partial charge in [-0.2, -0.15) is 0 Å². The summed E-state index contributed by atoms with van der Waals surface area (Å²) in [6.45, 7) is 1.43. The topological polar surface area (TPSA) is 65.1 Å². The Kier molecular flexibility index (Phi) is 5.86. The largest absolute Gasteiger partial charge is 0.497 e. The molecule has 4 rings (SSSR count). The number of hydrogen-bond acceptors (Lipinski definition) is 5. The van der Waals surface area contributed by atoms with E-state index >= 15 is 0 Å². The van der Waals surface area contributed by atoms with Crippen LogP contribution >= 0.6 is 11.6 Å². The predicted octanol–water partition coefficient (Wildman–Crippen LogP) is 4.14. The fraction of sp³-hybridized carbons (Fsp3) is 0.391. The number of ether oxygens (including phenoxy) is 3. The van der Waals surface area contributed by atoms with Crippen molar-refractivity contribution in [2.24, 2.45) is 0 Å². The summed E-state index contributed by atoms with van der Waals surface area (Å²) < 4.78 is 17.1. The fourth-order valence-electron chi connectivity index (χ4n) is 3.99. The van der Waals surface area contributed by atoms with E-state index in [-0.39, 0.29) is 11.7 Å². The van der Waals surface area contributed by atoms with Crippen molar-refractivity contribution in [2.75, 3.05) is 26.8 Å². The summed E-state index contributed by atoms with van der Waals surface area (Å²) >= 11 is 5.86. The van der Waals surface area contributed by atoms with Crippen molar-refractivity contribution in [3.05, 3.63) is 53.1 Å². The molecule has 1 fully saturated rings. The maximum atomic E-state index is 12.6. The van der Waals surface area contributed by atoms with Gasteiger partial charge in [-0.15, -0.1) is 0 Å². The van der Waals surface area contributed by atoms with Crippen LogP contribution in [0, 0.1) is 0 Å². The fourth-order valence-corrected chi connectivity index (χ4v) is 4.12. The number of Topliss-reactive ketones (excluding diaryl/α,β-unsaturated/α-hetero) is 1. The van der Waals surface area contributed by atoms with Crippen molar-refractivity contribution in [3.63, 3.8) is 0 Å². The summed E-state index contributed by atoms with van der Waals surface area (Å²) in [5, 5.41) is 0.644. The summed E-state index contributed by atoms with van der Waals surface area (Å²) in [4.78, 5) is 27.0. The van der Waals surface area contributed by atoms with Crippen LogP contribution in [0.15, 0.2) is 42.5 Å². The number of piperidine rings is 1. The Bertz CT molecular complexity index is 935. The first kappa shape index (κ1) is 20.5. The average Bonchev–Trinajstić information content (AvgIpc) is 2.75. The highest BCUT2D eigenvalue weighted by Gasteiger charge is 2.43. The quantitative estimate of drug-likeness (QED) is 0.714. The molecule has 2 aromatic carbocycles. The van der Waals surface area contributed by atoms with Gasteiger partial charge in [-0.3, -0.25) is 9.59 Å². The molecule has 0 saturated carbocycles. The number of amides is 1. The number of halogens is 1. The van der Waals surface area contributed by atoms with Gasteiger partial charge in [0.1, 0.15) is 22.8 Å². The highest BCUT2D eigenvalue weighted by molar-refractivity contribution is 6.30. The number of ketones is 1. The molecule has 1 amide bonds. The van der Waals surface area contributed by atoms with Crippen molar-refractivity contribution in [3.8, 4) is 17.2 Å². The van der Waals surface area contributed by atoms with Gasteiger partial charge in [-0.1, -0.05) is 11.6 Å².